The van der Waals surface area contributed by atoms with Gasteiger partial charge in [0.05, 0.1) is 0 Å². The second kappa shape index (κ2) is 3.95. The van der Waals surface area contributed by atoms with Crippen molar-refractivity contribution in [3.8, 4) is 0 Å². The lowest BCUT2D eigenvalue weighted by molar-refractivity contribution is 0.672. The van der Waals surface area contributed by atoms with Crippen LogP contribution in [0, 0.1) is 0 Å². The summed E-state index contributed by atoms with van der Waals surface area (Å²) in [6, 6.07) is 4.26. The van der Waals surface area contributed by atoms with Crippen LogP contribution in [0.15, 0.2) is 30.0 Å². The molecular weight excluding hydrogens is 170 g/mol. The molecule has 1 heteroatoms. The molecule has 0 saturated carbocycles. The van der Waals surface area contributed by atoms with Gasteiger partial charge in [-0.15, -0.1) is 0 Å². The highest BCUT2D eigenvalue weighted by Crippen LogP contribution is 2.33. The molecule has 0 N–H and O–H groups in total. The van der Waals surface area contributed by atoms with Crippen LogP contribution in [-0.2, 0) is 6.42 Å². The molecule has 2 rings (SSSR count). The first-order valence-corrected chi connectivity index (χ1v) is 5.34. The summed E-state index contributed by atoms with van der Waals surface area (Å²) in [5, 5.41) is 0. The molecule has 1 aliphatic carbocycles. The van der Waals surface area contributed by atoms with Crippen LogP contribution in [-0.4, -0.2) is 4.98 Å². The molecule has 74 valence electrons. The first-order chi connectivity index (χ1) is 6.77. The number of hydrogen-bond donors (Lipinski definition) is 0. The number of aromatic nitrogens is 1. The summed E-state index contributed by atoms with van der Waals surface area (Å²) in [7, 11) is 0. The minimum atomic E-state index is 0.668. The van der Waals surface area contributed by atoms with E-state index in [-0.39, 0.29) is 0 Å². The Kier molecular flexibility index (Phi) is 2.67. The Morgan fingerprint density at radius 1 is 1.57 bits per heavy atom. The lowest BCUT2D eigenvalue weighted by atomic mass is 10.0. The van der Waals surface area contributed by atoms with Crippen molar-refractivity contribution in [1.29, 1.82) is 0 Å². The summed E-state index contributed by atoms with van der Waals surface area (Å²) in [5.74, 6) is 0.668. The molecule has 1 nitrogen and oxygen atoms in total. The molecule has 0 aromatic carbocycles. The van der Waals surface area contributed by atoms with Crippen molar-refractivity contribution in [2.75, 3.05) is 0 Å². The van der Waals surface area contributed by atoms with Crippen LogP contribution >= 0.6 is 0 Å². The van der Waals surface area contributed by atoms with Crippen LogP contribution in [0.4, 0.5) is 0 Å². The van der Waals surface area contributed by atoms with Gasteiger partial charge in [-0.05, 0) is 44.7 Å². The number of hydrogen-bond acceptors (Lipinski definition) is 1. The standard InChI is InChI=1S/C13H17N/c1-10(2)5-6-12-8-7-11-4-3-9-14-13(11)12/h3-5,9,12H,6-8H2,1-2H3. The third-order valence-electron chi connectivity index (χ3n) is 2.89. The van der Waals surface area contributed by atoms with E-state index in [0.29, 0.717) is 5.92 Å². The van der Waals surface area contributed by atoms with Gasteiger partial charge in [0, 0.05) is 17.8 Å². The van der Waals surface area contributed by atoms with E-state index in [2.05, 4.69) is 31.0 Å². The Labute approximate surface area is 85.9 Å². The van der Waals surface area contributed by atoms with Crippen LogP contribution in [0.2, 0.25) is 0 Å². The van der Waals surface area contributed by atoms with Crippen molar-refractivity contribution in [2.45, 2.75) is 39.0 Å². The van der Waals surface area contributed by atoms with Crippen LogP contribution in [0.3, 0.4) is 0 Å². The summed E-state index contributed by atoms with van der Waals surface area (Å²) >= 11 is 0. The van der Waals surface area contributed by atoms with E-state index in [1.807, 2.05) is 12.3 Å². The largest absolute Gasteiger partial charge is 0.261 e. The number of fused-ring (bicyclic) bond motifs is 1. The smallest absolute Gasteiger partial charge is 0.0469 e. The topological polar surface area (TPSA) is 12.9 Å². The molecule has 0 fully saturated rings. The molecule has 1 aromatic rings. The molecular formula is C13H17N. The summed E-state index contributed by atoms with van der Waals surface area (Å²) in [5.41, 5.74) is 4.21. The number of nitrogens with zero attached hydrogens (tertiary/aromatic N) is 1. The molecule has 0 aliphatic heterocycles. The van der Waals surface area contributed by atoms with Gasteiger partial charge in [0.1, 0.15) is 0 Å². The van der Waals surface area contributed by atoms with Gasteiger partial charge in [-0.25, -0.2) is 0 Å². The first kappa shape index (κ1) is 9.45. The molecule has 0 amide bonds. The van der Waals surface area contributed by atoms with Crippen LogP contribution in [0.25, 0.3) is 0 Å². The third-order valence-corrected chi connectivity index (χ3v) is 2.89. The average Bonchev–Trinajstić information content (AvgIpc) is 2.58. The first-order valence-electron chi connectivity index (χ1n) is 5.34. The zero-order valence-corrected chi connectivity index (χ0v) is 8.96. The molecule has 0 radical (unpaired) electrons. The molecule has 0 saturated heterocycles. The lowest BCUT2D eigenvalue weighted by Gasteiger charge is -2.07. The molecule has 1 aliphatic rings. The maximum Gasteiger partial charge on any atom is 0.0469 e. The monoisotopic (exact) mass is 187 g/mol. The second-order valence-electron chi connectivity index (χ2n) is 4.30. The SMILES string of the molecule is CC(C)=CCC1CCc2cccnc21. The minimum absolute atomic E-state index is 0.668. The molecule has 1 unspecified atom stereocenters. The van der Waals surface area contributed by atoms with E-state index in [4.69, 9.17) is 0 Å². The number of rotatable bonds is 2. The molecule has 0 bridgehead atoms. The Hall–Kier alpha value is -1.11. The fourth-order valence-electron chi connectivity index (χ4n) is 2.10. The molecule has 1 atom stereocenters. The zero-order chi connectivity index (χ0) is 9.97. The highest BCUT2D eigenvalue weighted by molar-refractivity contribution is 5.29. The lowest BCUT2D eigenvalue weighted by Crippen LogP contribution is -1.94. The van der Waals surface area contributed by atoms with E-state index in [9.17, 15) is 0 Å². The summed E-state index contributed by atoms with van der Waals surface area (Å²) in [4.78, 5) is 4.49. The van der Waals surface area contributed by atoms with Gasteiger partial charge in [0.15, 0.2) is 0 Å². The van der Waals surface area contributed by atoms with Crippen LogP contribution in [0.5, 0.6) is 0 Å². The quantitative estimate of drug-likeness (QED) is 0.646. The Balaban J connectivity index is 2.14. The summed E-state index contributed by atoms with van der Waals surface area (Å²) in [6.07, 6.45) is 7.89. The normalized spacial score (nSPS) is 19.1. The van der Waals surface area contributed by atoms with Gasteiger partial charge in [-0.2, -0.15) is 0 Å². The molecule has 1 aromatic heterocycles. The fraction of sp³-hybridized carbons (Fsp3) is 0.462. The van der Waals surface area contributed by atoms with Crippen LogP contribution < -0.4 is 0 Å². The third kappa shape index (κ3) is 1.87. The Bertz CT molecular complexity index is 348. The maximum atomic E-state index is 4.49. The highest BCUT2D eigenvalue weighted by Gasteiger charge is 2.21. The number of aryl methyl sites for hydroxylation is 1. The summed E-state index contributed by atoms with van der Waals surface area (Å²) < 4.78 is 0. The van der Waals surface area contributed by atoms with E-state index >= 15 is 0 Å². The van der Waals surface area contributed by atoms with Crippen molar-refractivity contribution >= 4 is 0 Å². The fourth-order valence-corrected chi connectivity index (χ4v) is 2.10. The van der Waals surface area contributed by atoms with Gasteiger partial charge < -0.3 is 0 Å². The number of pyridine rings is 1. The van der Waals surface area contributed by atoms with E-state index in [1.54, 1.807) is 0 Å². The van der Waals surface area contributed by atoms with Crippen molar-refractivity contribution in [3.63, 3.8) is 0 Å². The van der Waals surface area contributed by atoms with Crippen molar-refractivity contribution in [2.24, 2.45) is 0 Å². The maximum absolute atomic E-state index is 4.49. The van der Waals surface area contributed by atoms with Gasteiger partial charge >= 0.3 is 0 Å². The minimum Gasteiger partial charge on any atom is -0.261 e. The Morgan fingerprint density at radius 3 is 3.21 bits per heavy atom. The van der Waals surface area contributed by atoms with E-state index in [0.717, 1.165) is 6.42 Å². The van der Waals surface area contributed by atoms with Crippen LogP contribution in [0.1, 0.15) is 43.9 Å². The molecule has 1 heterocycles. The number of allylic oxidation sites excluding steroid dienone is 2. The predicted molar refractivity (Wildman–Crippen MR) is 59.3 cm³/mol. The summed E-state index contributed by atoms with van der Waals surface area (Å²) in [6.45, 7) is 4.32. The van der Waals surface area contributed by atoms with Gasteiger partial charge in [0.2, 0.25) is 0 Å². The van der Waals surface area contributed by atoms with Gasteiger partial charge in [-0.1, -0.05) is 17.7 Å². The zero-order valence-electron chi connectivity index (χ0n) is 8.96. The molecule has 0 spiro atoms. The predicted octanol–water partition coefficient (Wildman–Crippen LogP) is 3.47. The van der Waals surface area contributed by atoms with Gasteiger partial charge in [-0.3, -0.25) is 4.98 Å². The molecule has 14 heavy (non-hydrogen) atoms. The van der Waals surface area contributed by atoms with Gasteiger partial charge in [0.25, 0.3) is 0 Å². The van der Waals surface area contributed by atoms with Crippen molar-refractivity contribution in [1.82, 2.24) is 4.98 Å². The highest BCUT2D eigenvalue weighted by atomic mass is 14.7. The van der Waals surface area contributed by atoms with E-state index < -0.39 is 0 Å². The van der Waals surface area contributed by atoms with Crippen molar-refractivity contribution in [3.05, 3.63) is 41.2 Å². The van der Waals surface area contributed by atoms with Crippen molar-refractivity contribution < 1.29 is 0 Å². The average molecular weight is 187 g/mol. The Morgan fingerprint density at radius 2 is 2.43 bits per heavy atom. The second-order valence-corrected chi connectivity index (χ2v) is 4.30. The van der Waals surface area contributed by atoms with E-state index in [1.165, 1.54) is 29.7 Å².